The molecule has 0 radical (unpaired) electrons. The zero-order valence-electron chi connectivity index (χ0n) is 10.4. The fourth-order valence-corrected chi connectivity index (χ4v) is 1.14. The Kier molecular flexibility index (Phi) is 7.01. The number of para-hydroxylation sites is 1. The Morgan fingerprint density at radius 1 is 1.19 bits per heavy atom. The molecule has 0 aliphatic carbocycles. The van der Waals surface area contributed by atoms with Crippen LogP contribution in [0.25, 0.3) is 0 Å². The van der Waals surface area contributed by atoms with Crippen LogP contribution in [0.15, 0.2) is 30.3 Å². The van der Waals surface area contributed by atoms with Crippen molar-refractivity contribution in [3.05, 3.63) is 30.3 Å². The van der Waals surface area contributed by atoms with Crippen molar-refractivity contribution in [1.29, 1.82) is 0 Å². The highest BCUT2D eigenvalue weighted by atomic mass is 16.4. The number of rotatable bonds is 4. The fourth-order valence-electron chi connectivity index (χ4n) is 1.14. The van der Waals surface area contributed by atoms with Crippen molar-refractivity contribution in [1.82, 2.24) is 0 Å². The van der Waals surface area contributed by atoms with E-state index in [1.165, 1.54) is 0 Å². The molecular weight excluding hydrogens is 202 g/mol. The predicted octanol–water partition coefficient (Wildman–Crippen LogP) is 3.23. The SMILES string of the molecule is CC.CC(Nc1ccccc1)C(C)C(=O)O. The first-order chi connectivity index (χ1) is 7.61. The van der Waals surface area contributed by atoms with E-state index in [0.717, 1.165) is 5.69 Å². The van der Waals surface area contributed by atoms with Gasteiger partial charge in [-0.2, -0.15) is 0 Å². The molecule has 0 fully saturated rings. The third-order valence-electron chi connectivity index (χ3n) is 2.31. The van der Waals surface area contributed by atoms with Crippen LogP contribution in [0.2, 0.25) is 0 Å². The third-order valence-corrected chi connectivity index (χ3v) is 2.31. The average Bonchev–Trinajstić information content (AvgIpc) is 2.31. The molecule has 3 heteroatoms. The van der Waals surface area contributed by atoms with Gasteiger partial charge in [0, 0.05) is 11.7 Å². The molecule has 1 rings (SSSR count). The van der Waals surface area contributed by atoms with Gasteiger partial charge < -0.3 is 10.4 Å². The van der Waals surface area contributed by atoms with Gasteiger partial charge in [-0.15, -0.1) is 0 Å². The van der Waals surface area contributed by atoms with E-state index in [1.807, 2.05) is 51.1 Å². The van der Waals surface area contributed by atoms with E-state index in [-0.39, 0.29) is 6.04 Å². The van der Waals surface area contributed by atoms with Gasteiger partial charge in [0.1, 0.15) is 0 Å². The van der Waals surface area contributed by atoms with Gasteiger partial charge in [0.05, 0.1) is 5.92 Å². The average molecular weight is 223 g/mol. The van der Waals surface area contributed by atoms with Crippen LogP contribution in [0.3, 0.4) is 0 Å². The van der Waals surface area contributed by atoms with Gasteiger partial charge in [0.15, 0.2) is 0 Å². The van der Waals surface area contributed by atoms with Crippen molar-refractivity contribution in [2.75, 3.05) is 5.32 Å². The molecule has 0 aliphatic heterocycles. The molecule has 2 unspecified atom stereocenters. The highest BCUT2D eigenvalue weighted by Crippen LogP contribution is 2.12. The van der Waals surface area contributed by atoms with E-state index >= 15 is 0 Å². The van der Waals surface area contributed by atoms with Gasteiger partial charge in [-0.05, 0) is 26.0 Å². The van der Waals surface area contributed by atoms with Crippen LogP contribution in [-0.2, 0) is 4.79 Å². The molecular formula is C13H21NO2. The monoisotopic (exact) mass is 223 g/mol. The molecule has 16 heavy (non-hydrogen) atoms. The summed E-state index contributed by atoms with van der Waals surface area (Å²) in [7, 11) is 0. The van der Waals surface area contributed by atoms with Crippen LogP contribution in [0.1, 0.15) is 27.7 Å². The smallest absolute Gasteiger partial charge is 0.308 e. The number of carboxylic acids is 1. The van der Waals surface area contributed by atoms with E-state index in [9.17, 15) is 4.79 Å². The summed E-state index contributed by atoms with van der Waals surface area (Å²) < 4.78 is 0. The molecule has 1 aromatic carbocycles. The molecule has 0 aliphatic rings. The van der Waals surface area contributed by atoms with Crippen molar-refractivity contribution in [3.63, 3.8) is 0 Å². The Labute approximate surface area is 97.5 Å². The number of hydrogen-bond acceptors (Lipinski definition) is 2. The Morgan fingerprint density at radius 3 is 2.12 bits per heavy atom. The van der Waals surface area contributed by atoms with E-state index in [0.29, 0.717) is 0 Å². The first-order valence-corrected chi connectivity index (χ1v) is 5.65. The first-order valence-electron chi connectivity index (χ1n) is 5.65. The molecule has 1 aromatic rings. The van der Waals surface area contributed by atoms with E-state index < -0.39 is 11.9 Å². The van der Waals surface area contributed by atoms with Gasteiger partial charge in [0.2, 0.25) is 0 Å². The Bertz CT molecular complexity index is 298. The van der Waals surface area contributed by atoms with Gasteiger partial charge >= 0.3 is 5.97 Å². The Balaban J connectivity index is 0.00000106. The topological polar surface area (TPSA) is 49.3 Å². The van der Waals surface area contributed by atoms with E-state index in [1.54, 1.807) is 6.92 Å². The molecule has 0 aromatic heterocycles. The molecule has 0 heterocycles. The van der Waals surface area contributed by atoms with Crippen LogP contribution in [-0.4, -0.2) is 17.1 Å². The van der Waals surface area contributed by atoms with E-state index in [4.69, 9.17) is 5.11 Å². The second kappa shape index (κ2) is 7.74. The molecule has 0 saturated carbocycles. The van der Waals surface area contributed by atoms with Crippen molar-refractivity contribution in [2.45, 2.75) is 33.7 Å². The summed E-state index contributed by atoms with van der Waals surface area (Å²) in [5, 5.41) is 11.9. The lowest BCUT2D eigenvalue weighted by Gasteiger charge is -2.18. The minimum Gasteiger partial charge on any atom is -0.481 e. The highest BCUT2D eigenvalue weighted by Gasteiger charge is 2.18. The van der Waals surface area contributed by atoms with Crippen LogP contribution in [0.5, 0.6) is 0 Å². The van der Waals surface area contributed by atoms with Crippen molar-refractivity contribution in [2.24, 2.45) is 5.92 Å². The molecule has 90 valence electrons. The number of benzene rings is 1. The zero-order valence-corrected chi connectivity index (χ0v) is 10.4. The van der Waals surface area contributed by atoms with Crippen molar-refractivity contribution in [3.8, 4) is 0 Å². The summed E-state index contributed by atoms with van der Waals surface area (Å²) in [6.07, 6.45) is 0. The summed E-state index contributed by atoms with van der Waals surface area (Å²) in [5.41, 5.74) is 0.952. The lowest BCUT2D eigenvalue weighted by molar-refractivity contribution is -0.141. The van der Waals surface area contributed by atoms with Gasteiger partial charge in [0.25, 0.3) is 0 Å². The number of hydrogen-bond donors (Lipinski definition) is 2. The first kappa shape index (κ1) is 14.5. The predicted molar refractivity (Wildman–Crippen MR) is 67.7 cm³/mol. The van der Waals surface area contributed by atoms with Crippen LogP contribution < -0.4 is 5.32 Å². The standard InChI is InChI=1S/C11H15NO2.C2H6/c1-8(11(13)14)9(2)12-10-6-4-3-5-7-10;1-2/h3-9,12H,1-2H3,(H,13,14);1-2H3. The van der Waals surface area contributed by atoms with Gasteiger partial charge in [-0.1, -0.05) is 32.0 Å². The molecule has 0 spiro atoms. The molecule has 2 atom stereocenters. The summed E-state index contributed by atoms with van der Waals surface area (Å²) in [4.78, 5) is 10.7. The lowest BCUT2D eigenvalue weighted by Crippen LogP contribution is -2.29. The fraction of sp³-hybridized carbons (Fsp3) is 0.462. The van der Waals surface area contributed by atoms with Gasteiger partial charge in [-0.25, -0.2) is 0 Å². The highest BCUT2D eigenvalue weighted by molar-refractivity contribution is 5.71. The molecule has 2 N–H and O–H groups in total. The number of carboxylic acid groups (broad SMARTS) is 1. The largest absolute Gasteiger partial charge is 0.481 e. The van der Waals surface area contributed by atoms with Crippen LogP contribution in [0.4, 0.5) is 5.69 Å². The maximum absolute atomic E-state index is 10.7. The number of aliphatic carboxylic acids is 1. The van der Waals surface area contributed by atoms with Gasteiger partial charge in [-0.3, -0.25) is 4.79 Å². The second-order valence-corrected chi connectivity index (χ2v) is 3.43. The number of nitrogens with one attached hydrogen (secondary N) is 1. The number of anilines is 1. The maximum Gasteiger partial charge on any atom is 0.308 e. The molecule has 0 saturated heterocycles. The maximum atomic E-state index is 10.7. The summed E-state index contributed by atoms with van der Waals surface area (Å²) in [6.45, 7) is 7.56. The minimum atomic E-state index is -0.777. The molecule has 0 bridgehead atoms. The lowest BCUT2D eigenvalue weighted by atomic mass is 10.0. The molecule has 0 amide bonds. The quantitative estimate of drug-likeness (QED) is 0.823. The minimum absolute atomic E-state index is 0.0742. The van der Waals surface area contributed by atoms with Crippen LogP contribution >= 0.6 is 0 Å². The normalized spacial score (nSPS) is 13.0. The zero-order chi connectivity index (χ0) is 12.6. The van der Waals surface area contributed by atoms with E-state index in [2.05, 4.69) is 5.32 Å². The van der Waals surface area contributed by atoms with Crippen LogP contribution in [0, 0.1) is 5.92 Å². The molecule has 3 nitrogen and oxygen atoms in total. The third kappa shape index (κ3) is 4.82. The number of carbonyl (C=O) groups is 1. The summed E-state index contributed by atoms with van der Waals surface area (Å²) >= 11 is 0. The summed E-state index contributed by atoms with van der Waals surface area (Å²) in [6, 6.07) is 9.53. The Morgan fingerprint density at radius 2 is 1.69 bits per heavy atom. The van der Waals surface area contributed by atoms with Crippen molar-refractivity contribution < 1.29 is 9.90 Å². The Hall–Kier alpha value is -1.51. The second-order valence-electron chi connectivity index (χ2n) is 3.43. The summed E-state index contributed by atoms with van der Waals surface area (Å²) in [5.74, 6) is -1.17. The van der Waals surface area contributed by atoms with Crippen molar-refractivity contribution >= 4 is 11.7 Å².